The lowest BCUT2D eigenvalue weighted by Crippen LogP contribution is -2.24. The van der Waals surface area contributed by atoms with Crippen LogP contribution in [-0.2, 0) is 6.42 Å². The molecule has 0 spiro atoms. The number of rotatable bonds is 10. The highest BCUT2D eigenvalue weighted by atomic mass is 16.5. The number of nitrogens with one attached hydrogen (secondary N) is 2. The minimum Gasteiger partial charge on any atom is -0.497 e. The van der Waals surface area contributed by atoms with Crippen molar-refractivity contribution in [2.24, 2.45) is 0 Å². The zero-order chi connectivity index (χ0) is 26.2. The molecule has 0 unspecified atom stereocenters. The molecule has 0 atom stereocenters. The molecule has 0 saturated carbocycles. The summed E-state index contributed by atoms with van der Waals surface area (Å²) in [6.07, 6.45) is 4.44. The number of methoxy groups -OCH3 is 1. The second-order valence-corrected chi connectivity index (χ2v) is 9.09. The first-order valence-corrected chi connectivity index (χ1v) is 12.8. The van der Waals surface area contributed by atoms with E-state index in [1.54, 1.807) is 37.7 Å². The van der Waals surface area contributed by atoms with Gasteiger partial charge in [0.2, 0.25) is 0 Å². The van der Waals surface area contributed by atoms with Gasteiger partial charge in [-0.15, -0.1) is 0 Å². The number of benzene rings is 4. The summed E-state index contributed by atoms with van der Waals surface area (Å²) in [5.74, 6) is 1.47. The van der Waals surface area contributed by atoms with Gasteiger partial charge >= 0.3 is 0 Å². The monoisotopic (exact) mass is 502 g/mol. The smallest absolute Gasteiger partial charge is 0.251 e. The highest BCUT2D eigenvalue weighted by Crippen LogP contribution is 2.29. The van der Waals surface area contributed by atoms with E-state index in [4.69, 9.17) is 4.74 Å². The van der Waals surface area contributed by atoms with Crippen molar-refractivity contribution >= 4 is 28.3 Å². The first-order valence-electron chi connectivity index (χ1n) is 12.8. The Hall–Kier alpha value is -4.71. The zero-order valence-corrected chi connectivity index (χ0v) is 21.4. The van der Waals surface area contributed by atoms with Crippen molar-refractivity contribution in [1.29, 1.82) is 0 Å². The third-order valence-electron chi connectivity index (χ3n) is 6.46. The van der Waals surface area contributed by atoms with Gasteiger partial charge in [-0.2, -0.15) is 0 Å². The van der Waals surface area contributed by atoms with E-state index in [9.17, 15) is 4.79 Å². The van der Waals surface area contributed by atoms with Crippen LogP contribution in [0, 0.1) is 0 Å². The summed E-state index contributed by atoms with van der Waals surface area (Å²) in [6, 6.07) is 32.1. The average molecular weight is 503 g/mol. The molecule has 0 aliphatic rings. The maximum Gasteiger partial charge on any atom is 0.251 e. The molecule has 38 heavy (non-hydrogen) atoms. The predicted octanol–water partition coefficient (Wildman–Crippen LogP) is 6.80. The molecule has 0 aliphatic heterocycles. The number of carbonyl (C=O) groups is 1. The largest absolute Gasteiger partial charge is 0.497 e. The van der Waals surface area contributed by atoms with E-state index in [1.807, 2.05) is 36.4 Å². The number of fused-ring (bicyclic) bond motifs is 1. The summed E-state index contributed by atoms with van der Waals surface area (Å²) in [7, 11) is 1.61. The highest BCUT2D eigenvalue weighted by molar-refractivity contribution is 5.94. The summed E-state index contributed by atoms with van der Waals surface area (Å²) < 4.78 is 5.15. The van der Waals surface area contributed by atoms with Crippen molar-refractivity contribution in [3.8, 4) is 16.9 Å². The number of amides is 1. The van der Waals surface area contributed by atoms with E-state index in [-0.39, 0.29) is 5.91 Å². The van der Waals surface area contributed by atoms with Gasteiger partial charge in [-0.25, -0.2) is 9.97 Å². The van der Waals surface area contributed by atoms with Gasteiger partial charge in [0.25, 0.3) is 5.91 Å². The Kier molecular flexibility index (Phi) is 7.89. The maximum absolute atomic E-state index is 12.3. The predicted molar refractivity (Wildman–Crippen MR) is 153 cm³/mol. The second kappa shape index (κ2) is 12.0. The molecule has 1 heterocycles. The van der Waals surface area contributed by atoms with E-state index < -0.39 is 0 Å². The van der Waals surface area contributed by atoms with Crippen LogP contribution in [0.1, 0.15) is 28.8 Å². The van der Waals surface area contributed by atoms with E-state index in [0.717, 1.165) is 58.5 Å². The van der Waals surface area contributed by atoms with Gasteiger partial charge < -0.3 is 15.4 Å². The lowest BCUT2D eigenvalue weighted by Gasteiger charge is -2.11. The SMILES string of the molecule is COc1ccc(C(=O)NCCCCc2cccc(-c3ccc4ncnc(Nc5ccccc5)c4c3)c2)cc1. The van der Waals surface area contributed by atoms with Crippen LogP contribution >= 0.6 is 0 Å². The standard InChI is InChI=1S/C32H30N4O2/c1-38-28-16-13-24(14-17-28)32(37)33-19-6-5-8-23-9-7-10-25(20-23)26-15-18-30-29(21-26)31(35-22-34-30)36-27-11-3-2-4-12-27/h2-4,7,9-18,20-22H,5-6,8,19H2,1H3,(H,33,37)(H,34,35,36). The molecule has 0 bridgehead atoms. The molecule has 6 heteroatoms. The fourth-order valence-electron chi connectivity index (χ4n) is 4.40. The minimum absolute atomic E-state index is 0.0592. The third kappa shape index (κ3) is 6.16. The fourth-order valence-corrected chi connectivity index (χ4v) is 4.40. The number of aromatic nitrogens is 2. The Morgan fingerprint density at radius 2 is 1.63 bits per heavy atom. The molecule has 1 aromatic heterocycles. The van der Waals surface area contributed by atoms with Crippen molar-refractivity contribution in [3.63, 3.8) is 0 Å². The number of unbranched alkanes of at least 4 members (excludes halogenated alkanes) is 1. The van der Waals surface area contributed by atoms with Crippen molar-refractivity contribution in [2.75, 3.05) is 19.0 Å². The van der Waals surface area contributed by atoms with Gasteiger partial charge in [0.15, 0.2) is 0 Å². The summed E-state index contributed by atoms with van der Waals surface area (Å²) >= 11 is 0. The fraction of sp³-hybridized carbons (Fsp3) is 0.156. The van der Waals surface area contributed by atoms with Gasteiger partial charge in [-0.3, -0.25) is 4.79 Å². The molecule has 5 aromatic rings. The molecule has 6 nitrogen and oxygen atoms in total. The van der Waals surface area contributed by atoms with E-state index in [2.05, 4.69) is 57.0 Å². The third-order valence-corrected chi connectivity index (χ3v) is 6.46. The molecular formula is C32H30N4O2. The number of hydrogen-bond acceptors (Lipinski definition) is 5. The molecule has 190 valence electrons. The van der Waals surface area contributed by atoms with Crippen LogP contribution < -0.4 is 15.4 Å². The van der Waals surface area contributed by atoms with E-state index >= 15 is 0 Å². The van der Waals surface area contributed by atoms with Crippen LogP contribution in [0.2, 0.25) is 0 Å². The number of aryl methyl sites for hydroxylation is 1. The number of ether oxygens (including phenoxy) is 1. The highest BCUT2D eigenvalue weighted by Gasteiger charge is 2.08. The zero-order valence-electron chi connectivity index (χ0n) is 21.4. The molecule has 0 radical (unpaired) electrons. The van der Waals surface area contributed by atoms with Crippen LogP contribution in [0.4, 0.5) is 11.5 Å². The first-order chi connectivity index (χ1) is 18.7. The topological polar surface area (TPSA) is 76.1 Å². The summed E-state index contributed by atoms with van der Waals surface area (Å²) in [6.45, 7) is 0.645. The number of anilines is 2. The Morgan fingerprint density at radius 3 is 2.45 bits per heavy atom. The van der Waals surface area contributed by atoms with Crippen molar-refractivity contribution < 1.29 is 9.53 Å². The quantitative estimate of drug-likeness (QED) is 0.205. The van der Waals surface area contributed by atoms with Gasteiger partial charge in [0.1, 0.15) is 17.9 Å². The first kappa shape index (κ1) is 25.0. The normalized spacial score (nSPS) is 10.8. The van der Waals surface area contributed by atoms with Crippen LogP contribution in [0.25, 0.3) is 22.0 Å². The minimum atomic E-state index is -0.0592. The molecule has 0 fully saturated rings. The maximum atomic E-state index is 12.3. The number of hydrogen-bond donors (Lipinski definition) is 2. The second-order valence-electron chi connectivity index (χ2n) is 9.09. The Labute approximate surface area is 222 Å². The van der Waals surface area contributed by atoms with Gasteiger partial charge in [-0.1, -0.05) is 48.5 Å². The van der Waals surface area contributed by atoms with Crippen LogP contribution in [0.5, 0.6) is 5.75 Å². The number of nitrogens with zero attached hydrogens (tertiary/aromatic N) is 2. The molecule has 0 saturated heterocycles. The molecule has 0 aliphatic carbocycles. The van der Waals surface area contributed by atoms with E-state index in [0.29, 0.717) is 12.1 Å². The number of carbonyl (C=O) groups excluding carboxylic acids is 1. The van der Waals surface area contributed by atoms with Crippen molar-refractivity contribution in [1.82, 2.24) is 15.3 Å². The Balaban J connectivity index is 1.20. The Bertz CT molecular complexity index is 1520. The Morgan fingerprint density at radius 1 is 0.816 bits per heavy atom. The van der Waals surface area contributed by atoms with Gasteiger partial charge in [-0.05, 0) is 84.5 Å². The van der Waals surface area contributed by atoms with Crippen molar-refractivity contribution in [3.05, 3.63) is 115 Å². The van der Waals surface area contributed by atoms with Crippen LogP contribution in [-0.4, -0.2) is 29.5 Å². The molecule has 2 N–H and O–H groups in total. The molecule has 1 amide bonds. The number of para-hydroxylation sites is 1. The van der Waals surface area contributed by atoms with E-state index in [1.165, 1.54) is 5.56 Å². The summed E-state index contributed by atoms with van der Waals surface area (Å²) in [4.78, 5) is 21.3. The molecule has 4 aromatic carbocycles. The summed E-state index contributed by atoms with van der Waals surface area (Å²) in [5.41, 5.74) is 6.08. The lowest BCUT2D eigenvalue weighted by molar-refractivity contribution is 0.0953. The van der Waals surface area contributed by atoms with Crippen molar-refractivity contribution in [2.45, 2.75) is 19.3 Å². The molecule has 5 rings (SSSR count). The average Bonchev–Trinajstić information content (AvgIpc) is 2.97. The van der Waals surface area contributed by atoms with Gasteiger partial charge in [0, 0.05) is 23.2 Å². The lowest BCUT2D eigenvalue weighted by atomic mass is 9.99. The summed E-state index contributed by atoms with van der Waals surface area (Å²) in [5, 5.41) is 7.39. The van der Waals surface area contributed by atoms with Crippen LogP contribution in [0.15, 0.2) is 103 Å². The van der Waals surface area contributed by atoms with Gasteiger partial charge in [0.05, 0.1) is 12.6 Å². The molecular weight excluding hydrogens is 472 g/mol. The van der Waals surface area contributed by atoms with Crippen LogP contribution in [0.3, 0.4) is 0 Å².